The number of ketones is 1. The Morgan fingerprint density at radius 3 is 1.81 bits per heavy atom. The molecule has 1 aliphatic rings. The van der Waals surface area contributed by atoms with Crippen molar-refractivity contribution in [2.24, 2.45) is 0 Å². The first-order chi connectivity index (χ1) is 31.5. The maximum Gasteiger partial charge on any atom is 0.419 e. The van der Waals surface area contributed by atoms with Gasteiger partial charge in [-0.1, -0.05) is 109 Å². The Balaban J connectivity index is 0.818. The SMILES string of the molecule is O=C(CNCCN1CCC(OC(=O)N(c2ccccc2-c2ccccc2)c2ccccc2-c2ccccc2)CC1)c1cccc(C(=O)NCCN(Cc2ncc[nH]2)Cc2ncc[nH]2)c1. The normalized spacial score (nSPS) is 13.1. The number of Topliss-reactive ketones (excluding diaryl/α,β-unsaturated/α-hetero) is 1. The standard InChI is InChI=1S/C51H53N9O4/c61-47(40-16-11-17-41(34-40)50(62)57-29-33-59(36-48-53-24-25-54-48)37-49-55-26-27-56-49)35-52-28-32-58-30-22-42(23-31-58)64-51(63)60(45-20-9-7-18-43(45)38-12-3-1-4-13-38)46-21-10-8-19-44(46)39-14-5-2-6-15-39/h1-21,24-27,34,42,52H,22-23,28-33,35-37H2,(H,53,54)(H,55,56)(H,57,62). The summed E-state index contributed by atoms with van der Waals surface area (Å²) in [6, 6.07) is 43.0. The van der Waals surface area contributed by atoms with Crippen molar-refractivity contribution in [2.75, 3.05) is 50.7 Å². The number of carbonyl (C=O) groups is 3. The Morgan fingerprint density at radius 2 is 1.23 bits per heavy atom. The Morgan fingerprint density at radius 1 is 0.672 bits per heavy atom. The van der Waals surface area contributed by atoms with Crippen molar-refractivity contribution in [3.63, 3.8) is 0 Å². The molecule has 1 saturated heterocycles. The molecule has 0 atom stereocenters. The highest BCUT2D eigenvalue weighted by Gasteiger charge is 2.29. The third-order valence-corrected chi connectivity index (χ3v) is 11.4. The highest BCUT2D eigenvalue weighted by atomic mass is 16.6. The first-order valence-electron chi connectivity index (χ1n) is 21.8. The van der Waals surface area contributed by atoms with Crippen LogP contribution in [0.1, 0.15) is 45.2 Å². The van der Waals surface area contributed by atoms with Crippen LogP contribution in [0, 0.1) is 0 Å². The molecule has 7 aromatic rings. The molecule has 1 aliphatic heterocycles. The lowest BCUT2D eigenvalue weighted by molar-refractivity contribution is 0.0566. The van der Waals surface area contributed by atoms with Crippen LogP contribution >= 0.6 is 0 Å². The molecule has 2 aromatic heterocycles. The van der Waals surface area contributed by atoms with E-state index >= 15 is 0 Å². The van der Waals surface area contributed by atoms with Crippen LogP contribution in [0.15, 0.2) is 158 Å². The number of anilines is 2. The predicted molar refractivity (Wildman–Crippen MR) is 249 cm³/mol. The first-order valence-corrected chi connectivity index (χ1v) is 21.8. The van der Waals surface area contributed by atoms with Crippen LogP contribution in [0.3, 0.4) is 0 Å². The van der Waals surface area contributed by atoms with Gasteiger partial charge in [0.15, 0.2) is 5.78 Å². The van der Waals surface area contributed by atoms with E-state index in [1.165, 1.54) is 0 Å². The maximum atomic E-state index is 14.5. The zero-order chi connectivity index (χ0) is 43.9. The van der Waals surface area contributed by atoms with Crippen molar-refractivity contribution in [3.8, 4) is 22.3 Å². The number of hydrogen-bond donors (Lipinski definition) is 4. The summed E-state index contributed by atoms with van der Waals surface area (Å²) >= 11 is 0. The molecule has 13 nitrogen and oxygen atoms in total. The molecule has 1 fully saturated rings. The monoisotopic (exact) mass is 855 g/mol. The van der Waals surface area contributed by atoms with Crippen molar-refractivity contribution in [3.05, 3.63) is 181 Å². The molecule has 0 radical (unpaired) electrons. The predicted octanol–water partition coefficient (Wildman–Crippen LogP) is 8.11. The number of nitrogens with one attached hydrogen (secondary N) is 4. The van der Waals surface area contributed by atoms with E-state index in [4.69, 9.17) is 4.74 Å². The molecule has 0 aliphatic carbocycles. The molecule has 0 saturated carbocycles. The van der Waals surface area contributed by atoms with Gasteiger partial charge in [0.2, 0.25) is 0 Å². The fourth-order valence-corrected chi connectivity index (χ4v) is 8.04. The largest absolute Gasteiger partial charge is 0.445 e. The fraction of sp³-hybridized carbons (Fsp3) is 0.235. The lowest BCUT2D eigenvalue weighted by Gasteiger charge is -2.34. The number of carbonyl (C=O) groups excluding carboxylic acids is 3. The van der Waals surface area contributed by atoms with E-state index in [0.29, 0.717) is 56.7 Å². The zero-order valence-corrected chi connectivity index (χ0v) is 35.7. The van der Waals surface area contributed by atoms with Gasteiger partial charge in [0.25, 0.3) is 5.91 Å². The van der Waals surface area contributed by atoms with E-state index in [1.807, 2.05) is 84.9 Å². The van der Waals surface area contributed by atoms with Crippen LogP contribution in [-0.2, 0) is 17.8 Å². The fourth-order valence-electron chi connectivity index (χ4n) is 8.04. The third kappa shape index (κ3) is 11.4. The molecule has 64 heavy (non-hydrogen) atoms. The Kier molecular flexibility index (Phi) is 14.8. The molecule has 8 rings (SSSR count). The van der Waals surface area contributed by atoms with E-state index in [0.717, 1.165) is 64.9 Å². The average Bonchev–Trinajstić information content (AvgIpc) is 4.07. The smallest absolute Gasteiger partial charge is 0.419 e. The van der Waals surface area contributed by atoms with Crippen LogP contribution in [0.5, 0.6) is 0 Å². The second kappa shape index (κ2) is 21.7. The Hall–Kier alpha value is -7.19. The minimum absolute atomic E-state index is 0.0874. The lowest BCUT2D eigenvalue weighted by atomic mass is 10.00. The third-order valence-electron chi connectivity index (χ3n) is 11.4. The maximum absolute atomic E-state index is 14.5. The summed E-state index contributed by atoms with van der Waals surface area (Å²) in [5.74, 6) is 1.32. The molecule has 3 heterocycles. The molecule has 326 valence electrons. The number of nitrogens with zero attached hydrogens (tertiary/aromatic N) is 5. The van der Waals surface area contributed by atoms with E-state index in [-0.39, 0.29) is 24.3 Å². The minimum Gasteiger partial charge on any atom is -0.445 e. The average molecular weight is 856 g/mol. The number of rotatable bonds is 19. The van der Waals surface area contributed by atoms with Crippen molar-refractivity contribution in [1.82, 2.24) is 40.4 Å². The molecule has 0 spiro atoms. The van der Waals surface area contributed by atoms with Gasteiger partial charge in [-0.3, -0.25) is 14.5 Å². The second-order valence-electron chi connectivity index (χ2n) is 15.7. The minimum atomic E-state index is -0.416. The summed E-state index contributed by atoms with van der Waals surface area (Å²) in [5.41, 5.74) is 6.28. The van der Waals surface area contributed by atoms with E-state index in [2.05, 4.69) is 64.6 Å². The number of para-hydroxylation sites is 2. The summed E-state index contributed by atoms with van der Waals surface area (Å²) in [4.78, 5) is 61.9. The number of benzene rings is 5. The first kappa shape index (κ1) is 43.5. The van der Waals surface area contributed by atoms with Gasteiger partial charge < -0.3 is 30.2 Å². The number of imidazole rings is 2. The Bertz CT molecular complexity index is 2440. The number of likely N-dealkylation sites (tertiary alicyclic amines) is 1. The van der Waals surface area contributed by atoms with Gasteiger partial charge in [-0.2, -0.15) is 0 Å². The summed E-state index contributed by atoms with van der Waals surface area (Å²) in [5, 5.41) is 6.28. The highest BCUT2D eigenvalue weighted by Crippen LogP contribution is 2.40. The summed E-state index contributed by atoms with van der Waals surface area (Å²) in [6.45, 7) is 5.16. The molecule has 5 aromatic carbocycles. The number of aromatic nitrogens is 4. The van der Waals surface area contributed by atoms with Crippen molar-refractivity contribution >= 4 is 29.2 Å². The number of hydrogen-bond acceptors (Lipinski definition) is 9. The number of amides is 2. The lowest BCUT2D eigenvalue weighted by Crippen LogP contribution is -2.42. The molecule has 13 heteroatoms. The quantitative estimate of drug-likeness (QED) is 0.0467. The number of aromatic amines is 2. The van der Waals surface area contributed by atoms with Crippen LogP contribution in [0.4, 0.5) is 16.2 Å². The van der Waals surface area contributed by atoms with Gasteiger partial charge in [-0.25, -0.2) is 19.7 Å². The highest BCUT2D eigenvalue weighted by molar-refractivity contribution is 6.04. The van der Waals surface area contributed by atoms with Crippen molar-refractivity contribution in [1.29, 1.82) is 0 Å². The summed E-state index contributed by atoms with van der Waals surface area (Å²) in [7, 11) is 0. The van der Waals surface area contributed by atoms with Gasteiger partial charge in [-0.05, 0) is 48.2 Å². The molecule has 4 N–H and O–H groups in total. The van der Waals surface area contributed by atoms with E-state index in [9.17, 15) is 14.4 Å². The van der Waals surface area contributed by atoms with E-state index < -0.39 is 6.09 Å². The van der Waals surface area contributed by atoms with Crippen LogP contribution in [0.2, 0.25) is 0 Å². The molecular formula is C51H53N9O4. The number of H-pyrrole nitrogens is 2. The number of piperidine rings is 1. The van der Waals surface area contributed by atoms with Crippen LogP contribution in [-0.4, -0.2) is 99.4 Å². The molecular weight excluding hydrogens is 803 g/mol. The van der Waals surface area contributed by atoms with Crippen LogP contribution < -0.4 is 15.5 Å². The second-order valence-corrected chi connectivity index (χ2v) is 15.7. The zero-order valence-electron chi connectivity index (χ0n) is 35.7. The number of ether oxygens (including phenoxy) is 1. The molecule has 2 amide bonds. The van der Waals surface area contributed by atoms with Crippen LogP contribution in [0.25, 0.3) is 22.3 Å². The van der Waals surface area contributed by atoms with Crippen molar-refractivity contribution < 1.29 is 19.1 Å². The van der Waals surface area contributed by atoms with Gasteiger partial charge in [0.05, 0.1) is 31.0 Å². The summed E-state index contributed by atoms with van der Waals surface area (Å²) in [6.07, 6.45) is 7.72. The summed E-state index contributed by atoms with van der Waals surface area (Å²) < 4.78 is 6.36. The van der Waals surface area contributed by atoms with Gasteiger partial charge in [0.1, 0.15) is 17.8 Å². The molecule has 0 unspecified atom stereocenters. The topological polar surface area (TPSA) is 152 Å². The van der Waals surface area contributed by atoms with Crippen molar-refractivity contribution in [2.45, 2.75) is 32.0 Å². The van der Waals surface area contributed by atoms with E-state index in [1.54, 1.807) is 54.0 Å². The van der Waals surface area contributed by atoms with Gasteiger partial charge in [0, 0.05) is 86.3 Å². The van der Waals surface area contributed by atoms with Gasteiger partial charge >= 0.3 is 6.09 Å². The van der Waals surface area contributed by atoms with Gasteiger partial charge in [-0.15, -0.1) is 0 Å². The molecule has 0 bridgehead atoms. The Labute approximate surface area is 373 Å².